The van der Waals surface area contributed by atoms with Gasteiger partial charge >= 0.3 is 0 Å². The first-order valence-corrected chi connectivity index (χ1v) is 11.1. The molecular weight excluding hydrogens is 402 g/mol. The summed E-state index contributed by atoms with van der Waals surface area (Å²) in [5.41, 5.74) is 1.38. The predicted molar refractivity (Wildman–Crippen MR) is 116 cm³/mol. The van der Waals surface area contributed by atoms with Gasteiger partial charge in [-0.25, -0.2) is 8.42 Å². The van der Waals surface area contributed by atoms with E-state index in [0.717, 1.165) is 5.56 Å². The SMILES string of the molecule is O=C(c1cc(=O)[nH]c2ccccc12)N1CCN(S(=O)(=O)/C=C/c2ccccc2)CC1. The van der Waals surface area contributed by atoms with E-state index in [9.17, 15) is 18.0 Å². The van der Waals surface area contributed by atoms with Crippen molar-refractivity contribution in [1.29, 1.82) is 0 Å². The Hall–Kier alpha value is -3.23. The number of aromatic amines is 1. The van der Waals surface area contributed by atoms with Crippen molar-refractivity contribution in [1.82, 2.24) is 14.2 Å². The lowest BCUT2D eigenvalue weighted by atomic mass is 10.1. The van der Waals surface area contributed by atoms with Crippen LogP contribution in [-0.2, 0) is 10.0 Å². The number of carbonyl (C=O) groups excluding carboxylic acids is 1. The Bertz CT molecular complexity index is 1260. The lowest BCUT2D eigenvalue weighted by Crippen LogP contribution is -2.50. The third-order valence-electron chi connectivity index (χ3n) is 5.10. The summed E-state index contributed by atoms with van der Waals surface area (Å²) in [6.45, 7) is 0.930. The molecule has 1 N–H and O–H groups in total. The van der Waals surface area contributed by atoms with Gasteiger partial charge in [0, 0.05) is 48.6 Å². The maximum atomic E-state index is 13.0. The minimum Gasteiger partial charge on any atom is -0.336 e. The molecule has 0 radical (unpaired) electrons. The first-order valence-electron chi connectivity index (χ1n) is 9.59. The molecule has 0 unspecified atom stereocenters. The summed E-state index contributed by atoms with van der Waals surface area (Å²) in [6, 6.07) is 17.6. The second-order valence-electron chi connectivity index (χ2n) is 7.04. The monoisotopic (exact) mass is 423 g/mol. The molecule has 30 heavy (non-hydrogen) atoms. The zero-order valence-corrected chi connectivity index (χ0v) is 17.0. The highest BCUT2D eigenvalue weighted by molar-refractivity contribution is 7.92. The quantitative estimate of drug-likeness (QED) is 0.697. The number of fused-ring (bicyclic) bond motifs is 1. The molecule has 0 saturated carbocycles. The number of rotatable bonds is 4. The van der Waals surface area contributed by atoms with Gasteiger partial charge in [0.05, 0.1) is 5.56 Å². The van der Waals surface area contributed by atoms with Gasteiger partial charge in [-0.3, -0.25) is 9.59 Å². The number of benzene rings is 2. The van der Waals surface area contributed by atoms with Crippen LogP contribution < -0.4 is 5.56 Å². The van der Waals surface area contributed by atoms with Crippen molar-refractivity contribution in [2.24, 2.45) is 0 Å². The molecule has 2 heterocycles. The van der Waals surface area contributed by atoms with Crippen LogP contribution >= 0.6 is 0 Å². The highest BCUT2D eigenvalue weighted by atomic mass is 32.2. The molecule has 1 fully saturated rings. The van der Waals surface area contributed by atoms with Gasteiger partial charge in [-0.15, -0.1) is 0 Å². The van der Waals surface area contributed by atoms with E-state index in [0.29, 0.717) is 16.5 Å². The van der Waals surface area contributed by atoms with Crippen LogP contribution in [0.2, 0.25) is 0 Å². The normalized spacial score (nSPS) is 15.7. The molecular formula is C22H21N3O4S. The predicted octanol–water partition coefficient (Wildman–Crippen LogP) is 2.29. The second kappa shape index (κ2) is 8.25. The molecule has 8 heteroatoms. The van der Waals surface area contributed by atoms with E-state index in [4.69, 9.17) is 0 Å². The molecule has 154 valence electrons. The summed E-state index contributed by atoms with van der Waals surface area (Å²) in [6.07, 6.45) is 1.56. The minimum atomic E-state index is -3.58. The third kappa shape index (κ3) is 4.19. The first-order chi connectivity index (χ1) is 14.4. The number of nitrogens with zero attached hydrogens (tertiary/aromatic N) is 2. The van der Waals surface area contributed by atoms with Crippen molar-refractivity contribution < 1.29 is 13.2 Å². The zero-order valence-electron chi connectivity index (χ0n) is 16.2. The van der Waals surface area contributed by atoms with Crippen molar-refractivity contribution in [2.45, 2.75) is 0 Å². The Morgan fingerprint density at radius 2 is 1.60 bits per heavy atom. The van der Waals surface area contributed by atoms with Gasteiger partial charge in [0.25, 0.3) is 5.91 Å². The van der Waals surface area contributed by atoms with Crippen molar-refractivity contribution >= 4 is 32.9 Å². The van der Waals surface area contributed by atoms with Gasteiger partial charge in [0.15, 0.2) is 0 Å². The molecule has 3 aromatic rings. The number of sulfonamides is 1. The lowest BCUT2D eigenvalue weighted by molar-refractivity contribution is 0.0700. The van der Waals surface area contributed by atoms with Gasteiger partial charge in [-0.2, -0.15) is 4.31 Å². The topological polar surface area (TPSA) is 90.6 Å². The van der Waals surface area contributed by atoms with Crippen molar-refractivity contribution in [2.75, 3.05) is 26.2 Å². The average molecular weight is 423 g/mol. The number of amides is 1. The van der Waals surface area contributed by atoms with E-state index in [1.54, 1.807) is 35.2 Å². The number of piperazine rings is 1. The van der Waals surface area contributed by atoms with Crippen LogP contribution in [0.1, 0.15) is 15.9 Å². The van der Waals surface area contributed by atoms with Crippen LogP contribution in [-0.4, -0.2) is 54.7 Å². The van der Waals surface area contributed by atoms with Gasteiger partial charge in [-0.1, -0.05) is 48.5 Å². The van der Waals surface area contributed by atoms with Gasteiger partial charge in [0.2, 0.25) is 15.6 Å². The molecule has 0 aliphatic carbocycles. The molecule has 2 aromatic carbocycles. The fourth-order valence-electron chi connectivity index (χ4n) is 3.51. The number of hydrogen-bond donors (Lipinski definition) is 1. The Balaban J connectivity index is 1.48. The standard InChI is InChI=1S/C22H21N3O4S/c26-21-16-19(18-8-4-5-9-20(18)23-21)22(27)24-11-13-25(14-12-24)30(28,29)15-10-17-6-2-1-3-7-17/h1-10,15-16H,11-14H2,(H,23,26)/b15-10+. The summed E-state index contributed by atoms with van der Waals surface area (Å²) in [7, 11) is -3.58. The van der Waals surface area contributed by atoms with Crippen LogP contribution in [0.4, 0.5) is 0 Å². The Morgan fingerprint density at radius 3 is 2.33 bits per heavy atom. The first kappa shape index (κ1) is 20.1. The number of carbonyl (C=O) groups is 1. The number of pyridine rings is 1. The summed E-state index contributed by atoms with van der Waals surface area (Å²) in [5, 5.41) is 1.87. The molecule has 4 rings (SSSR count). The van der Waals surface area contributed by atoms with E-state index in [1.165, 1.54) is 15.8 Å². The largest absolute Gasteiger partial charge is 0.336 e. The van der Waals surface area contributed by atoms with Gasteiger partial charge in [-0.05, 0) is 17.7 Å². The minimum absolute atomic E-state index is 0.203. The van der Waals surface area contributed by atoms with E-state index in [2.05, 4.69) is 4.98 Å². The maximum Gasteiger partial charge on any atom is 0.254 e. The highest BCUT2D eigenvalue weighted by Crippen LogP contribution is 2.18. The summed E-state index contributed by atoms with van der Waals surface area (Å²) in [5.74, 6) is -0.269. The molecule has 0 bridgehead atoms. The van der Waals surface area contributed by atoms with Gasteiger partial charge < -0.3 is 9.88 Å². The number of para-hydroxylation sites is 1. The number of nitrogens with one attached hydrogen (secondary N) is 1. The number of aromatic nitrogens is 1. The van der Waals surface area contributed by atoms with Crippen LogP contribution in [0.3, 0.4) is 0 Å². The van der Waals surface area contributed by atoms with E-state index in [-0.39, 0.29) is 37.6 Å². The van der Waals surface area contributed by atoms with Crippen molar-refractivity contribution in [3.8, 4) is 0 Å². The van der Waals surface area contributed by atoms with E-state index >= 15 is 0 Å². The average Bonchev–Trinajstić information content (AvgIpc) is 2.77. The third-order valence-corrected chi connectivity index (χ3v) is 6.66. The Kier molecular flexibility index (Phi) is 5.52. The molecule has 0 spiro atoms. The fourth-order valence-corrected chi connectivity index (χ4v) is 4.69. The molecule has 1 aromatic heterocycles. The smallest absolute Gasteiger partial charge is 0.254 e. The zero-order chi connectivity index (χ0) is 21.1. The lowest BCUT2D eigenvalue weighted by Gasteiger charge is -2.33. The molecule has 7 nitrogen and oxygen atoms in total. The Labute approximate surface area is 174 Å². The second-order valence-corrected chi connectivity index (χ2v) is 8.86. The number of hydrogen-bond acceptors (Lipinski definition) is 4. The molecule has 1 aliphatic rings. The molecule has 1 amide bonds. The van der Waals surface area contributed by atoms with Crippen LogP contribution in [0.15, 0.2) is 70.9 Å². The molecule has 1 aliphatic heterocycles. The Morgan fingerprint density at radius 1 is 0.933 bits per heavy atom. The van der Waals surface area contributed by atoms with Crippen LogP contribution in [0.5, 0.6) is 0 Å². The van der Waals surface area contributed by atoms with Crippen LogP contribution in [0, 0.1) is 0 Å². The van der Waals surface area contributed by atoms with E-state index < -0.39 is 10.0 Å². The highest BCUT2D eigenvalue weighted by Gasteiger charge is 2.28. The number of H-pyrrole nitrogens is 1. The molecule has 1 saturated heterocycles. The van der Waals surface area contributed by atoms with Crippen LogP contribution in [0.25, 0.3) is 17.0 Å². The molecule has 0 atom stereocenters. The van der Waals surface area contributed by atoms with Gasteiger partial charge in [0.1, 0.15) is 0 Å². The van der Waals surface area contributed by atoms with Crippen molar-refractivity contribution in [3.63, 3.8) is 0 Å². The summed E-state index contributed by atoms with van der Waals surface area (Å²) >= 11 is 0. The summed E-state index contributed by atoms with van der Waals surface area (Å²) < 4.78 is 26.6. The summed E-state index contributed by atoms with van der Waals surface area (Å²) in [4.78, 5) is 29.3. The van der Waals surface area contributed by atoms with E-state index in [1.807, 2.05) is 30.3 Å². The fraction of sp³-hybridized carbons (Fsp3) is 0.182. The maximum absolute atomic E-state index is 13.0. The van der Waals surface area contributed by atoms with Crippen molar-refractivity contribution in [3.05, 3.63) is 87.6 Å².